The third-order valence-electron chi connectivity index (χ3n) is 3.33. The van der Waals surface area contributed by atoms with Crippen molar-refractivity contribution in [2.24, 2.45) is 0 Å². The summed E-state index contributed by atoms with van der Waals surface area (Å²) in [5.41, 5.74) is 2.18. The van der Waals surface area contributed by atoms with Gasteiger partial charge in [-0.2, -0.15) is 0 Å². The van der Waals surface area contributed by atoms with Crippen LogP contribution in [0.15, 0.2) is 42.5 Å². The highest BCUT2D eigenvalue weighted by Crippen LogP contribution is 2.33. The van der Waals surface area contributed by atoms with Gasteiger partial charge in [-0.05, 0) is 29.3 Å². The van der Waals surface area contributed by atoms with Crippen molar-refractivity contribution in [3.05, 3.63) is 58.9 Å². The summed E-state index contributed by atoms with van der Waals surface area (Å²) in [6.07, 6.45) is -0.189. The van der Waals surface area contributed by atoms with E-state index in [4.69, 9.17) is 16.7 Å². The predicted octanol–water partition coefficient (Wildman–Crippen LogP) is 4.25. The van der Waals surface area contributed by atoms with Crippen molar-refractivity contribution in [2.75, 3.05) is 0 Å². The van der Waals surface area contributed by atoms with Gasteiger partial charge in [0.2, 0.25) is 0 Å². The van der Waals surface area contributed by atoms with E-state index in [0.29, 0.717) is 27.2 Å². The van der Waals surface area contributed by atoms with Crippen LogP contribution in [0.4, 0.5) is 4.39 Å². The lowest BCUT2D eigenvalue weighted by Gasteiger charge is -2.03. The number of H-pyrrole nitrogens is 1. The third kappa shape index (κ3) is 2.50. The van der Waals surface area contributed by atoms with Gasteiger partial charge in [-0.1, -0.05) is 35.9 Å². The molecular formula is C16H11ClFNO2. The first-order valence-corrected chi connectivity index (χ1v) is 6.71. The van der Waals surface area contributed by atoms with E-state index in [1.54, 1.807) is 36.4 Å². The van der Waals surface area contributed by atoms with Crippen LogP contribution in [-0.2, 0) is 11.2 Å². The molecule has 0 unspecified atom stereocenters. The van der Waals surface area contributed by atoms with Crippen LogP contribution in [0.5, 0.6) is 0 Å². The van der Waals surface area contributed by atoms with Crippen molar-refractivity contribution in [2.45, 2.75) is 6.42 Å². The van der Waals surface area contributed by atoms with E-state index in [2.05, 4.69) is 4.98 Å². The molecule has 0 fully saturated rings. The maximum atomic E-state index is 13.9. The lowest BCUT2D eigenvalue weighted by atomic mass is 10.0. The molecule has 0 saturated carbocycles. The fourth-order valence-electron chi connectivity index (χ4n) is 2.46. The molecule has 1 aromatic heterocycles. The van der Waals surface area contributed by atoms with Crippen LogP contribution in [-0.4, -0.2) is 16.1 Å². The van der Waals surface area contributed by atoms with Gasteiger partial charge < -0.3 is 10.1 Å². The van der Waals surface area contributed by atoms with Crippen LogP contribution in [0.3, 0.4) is 0 Å². The Morgan fingerprint density at radius 1 is 1.24 bits per heavy atom. The minimum atomic E-state index is -0.969. The molecule has 2 aromatic carbocycles. The van der Waals surface area contributed by atoms with Crippen molar-refractivity contribution < 1.29 is 14.3 Å². The molecule has 3 nitrogen and oxygen atoms in total. The Morgan fingerprint density at radius 3 is 2.71 bits per heavy atom. The largest absolute Gasteiger partial charge is 0.481 e. The third-order valence-corrected chi connectivity index (χ3v) is 3.57. The molecule has 21 heavy (non-hydrogen) atoms. The normalized spacial score (nSPS) is 11.0. The number of benzene rings is 2. The number of carboxylic acids is 1. The van der Waals surface area contributed by atoms with Crippen LogP contribution in [0.2, 0.25) is 5.02 Å². The maximum absolute atomic E-state index is 13.9. The summed E-state index contributed by atoms with van der Waals surface area (Å²) in [6, 6.07) is 11.6. The number of halogens is 2. The molecule has 0 saturated heterocycles. The Kier molecular flexibility index (Phi) is 3.39. The van der Waals surface area contributed by atoms with Crippen molar-refractivity contribution in [1.82, 2.24) is 4.98 Å². The lowest BCUT2D eigenvalue weighted by molar-refractivity contribution is -0.136. The SMILES string of the molecule is O=C(O)Cc1c(-c2cccc(Cl)c2)[nH]c2c(F)cccc12. The van der Waals surface area contributed by atoms with Gasteiger partial charge in [-0.3, -0.25) is 4.79 Å². The fraction of sp³-hybridized carbons (Fsp3) is 0.0625. The van der Waals surface area contributed by atoms with Gasteiger partial charge in [0.05, 0.1) is 17.6 Å². The highest BCUT2D eigenvalue weighted by molar-refractivity contribution is 6.30. The summed E-state index contributed by atoms with van der Waals surface area (Å²) < 4.78 is 13.9. The predicted molar refractivity (Wildman–Crippen MR) is 80.0 cm³/mol. The fourth-order valence-corrected chi connectivity index (χ4v) is 2.65. The highest BCUT2D eigenvalue weighted by atomic mass is 35.5. The number of fused-ring (bicyclic) bond motifs is 1. The second-order valence-corrected chi connectivity index (χ2v) is 5.16. The number of hydrogen-bond donors (Lipinski definition) is 2. The Hall–Kier alpha value is -2.33. The molecule has 0 bridgehead atoms. The molecule has 0 radical (unpaired) electrons. The number of rotatable bonds is 3. The molecule has 2 N–H and O–H groups in total. The number of para-hydroxylation sites is 1. The topological polar surface area (TPSA) is 53.1 Å². The van der Waals surface area contributed by atoms with E-state index in [1.807, 2.05) is 0 Å². The molecule has 0 aliphatic heterocycles. The van der Waals surface area contributed by atoms with Crippen LogP contribution in [0.25, 0.3) is 22.2 Å². The van der Waals surface area contributed by atoms with E-state index < -0.39 is 11.8 Å². The molecule has 3 rings (SSSR count). The average Bonchev–Trinajstić information content (AvgIpc) is 2.79. The number of hydrogen-bond acceptors (Lipinski definition) is 1. The van der Waals surface area contributed by atoms with Crippen LogP contribution < -0.4 is 0 Å². The van der Waals surface area contributed by atoms with Crippen molar-refractivity contribution >= 4 is 28.5 Å². The van der Waals surface area contributed by atoms with Gasteiger partial charge in [0.15, 0.2) is 0 Å². The second-order valence-electron chi connectivity index (χ2n) is 4.72. The summed E-state index contributed by atoms with van der Waals surface area (Å²) in [5, 5.41) is 10.2. The maximum Gasteiger partial charge on any atom is 0.307 e. The summed E-state index contributed by atoms with van der Waals surface area (Å²) >= 11 is 5.98. The molecule has 3 aromatic rings. The molecular weight excluding hydrogens is 293 g/mol. The summed E-state index contributed by atoms with van der Waals surface area (Å²) in [6.45, 7) is 0. The number of nitrogens with one attached hydrogen (secondary N) is 1. The van der Waals surface area contributed by atoms with Crippen molar-refractivity contribution in [1.29, 1.82) is 0 Å². The first kappa shape index (κ1) is 13.6. The molecule has 5 heteroatoms. The molecule has 0 atom stereocenters. The Balaban J connectivity index is 2.30. The van der Waals surface area contributed by atoms with Gasteiger partial charge in [0.25, 0.3) is 0 Å². The summed E-state index contributed by atoms with van der Waals surface area (Å²) in [7, 11) is 0. The first-order valence-electron chi connectivity index (χ1n) is 6.33. The lowest BCUT2D eigenvalue weighted by Crippen LogP contribution is -2.00. The molecule has 0 aliphatic rings. The Bertz CT molecular complexity index is 841. The van der Waals surface area contributed by atoms with E-state index in [-0.39, 0.29) is 6.42 Å². The molecule has 0 aliphatic carbocycles. The number of carboxylic acid groups (broad SMARTS) is 1. The standard InChI is InChI=1S/C16H11ClFNO2/c17-10-4-1-3-9(7-10)15-12(8-14(20)21)11-5-2-6-13(18)16(11)19-15/h1-7,19H,8H2,(H,20,21). The Labute approximate surface area is 125 Å². The number of carbonyl (C=O) groups is 1. The monoisotopic (exact) mass is 303 g/mol. The van der Waals surface area contributed by atoms with Gasteiger partial charge in [-0.25, -0.2) is 4.39 Å². The van der Waals surface area contributed by atoms with Gasteiger partial charge >= 0.3 is 5.97 Å². The molecule has 0 spiro atoms. The minimum Gasteiger partial charge on any atom is -0.481 e. The zero-order valence-electron chi connectivity index (χ0n) is 10.9. The average molecular weight is 304 g/mol. The van der Waals surface area contributed by atoms with Gasteiger partial charge in [-0.15, -0.1) is 0 Å². The van der Waals surface area contributed by atoms with Gasteiger partial charge in [0.1, 0.15) is 5.82 Å². The number of aromatic amines is 1. The highest BCUT2D eigenvalue weighted by Gasteiger charge is 2.17. The van der Waals surface area contributed by atoms with Crippen LogP contribution >= 0.6 is 11.6 Å². The zero-order valence-corrected chi connectivity index (χ0v) is 11.6. The molecule has 1 heterocycles. The van der Waals surface area contributed by atoms with E-state index in [1.165, 1.54) is 6.07 Å². The van der Waals surface area contributed by atoms with Crippen molar-refractivity contribution in [3.8, 4) is 11.3 Å². The van der Waals surface area contributed by atoms with Crippen LogP contribution in [0.1, 0.15) is 5.56 Å². The van der Waals surface area contributed by atoms with Crippen molar-refractivity contribution in [3.63, 3.8) is 0 Å². The first-order chi connectivity index (χ1) is 10.1. The van der Waals surface area contributed by atoms with Crippen LogP contribution in [0, 0.1) is 5.82 Å². The zero-order chi connectivity index (χ0) is 15.0. The second kappa shape index (κ2) is 5.22. The van der Waals surface area contributed by atoms with E-state index in [9.17, 15) is 9.18 Å². The molecule has 0 amide bonds. The van der Waals surface area contributed by atoms with E-state index >= 15 is 0 Å². The summed E-state index contributed by atoms with van der Waals surface area (Å²) in [4.78, 5) is 14.1. The smallest absolute Gasteiger partial charge is 0.307 e. The Morgan fingerprint density at radius 2 is 2.00 bits per heavy atom. The van der Waals surface area contributed by atoms with Gasteiger partial charge in [0, 0.05) is 10.4 Å². The quantitative estimate of drug-likeness (QED) is 0.760. The minimum absolute atomic E-state index is 0.189. The van der Waals surface area contributed by atoms with E-state index in [0.717, 1.165) is 5.56 Å². The number of aliphatic carboxylic acids is 1. The molecule has 106 valence electrons. The summed E-state index contributed by atoms with van der Waals surface area (Å²) in [5.74, 6) is -1.38. The number of aromatic nitrogens is 1.